The quantitative estimate of drug-likeness (QED) is 0.686. The van der Waals surface area contributed by atoms with E-state index in [4.69, 9.17) is 4.74 Å². The van der Waals surface area contributed by atoms with E-state index >= 15 is 0 Å². The van der Waals surface area contributed by atoms with Crippen molar-refractivity contribution in [2.45, 2.75) is 26.7 Å². The van der Waals surface area contributed by atoms with Crippen LogP contribution in [0.15, 0.2) is 24.3 Å². The van der Waals surface area contributed by atoms with Gasteiger partial charge in [0.1, 0.15) is 0 Å². The van der Waals surface area contributed by atoms with Gasteiger partial charge in [-0.1, -0.05) is 31.5 Å². The highest BCUT2D eigenvalue weighted by molar-refractivity contribution is 5.91. The van der Waals surface area contributed by atoms with E-state index in [0.717, 1.165) is 18.4 Å². The molecule has 14 heavy (non-hydrogen) atoms. The van der Waals surface area contributed by atoms with Crippen LogP contribution in [0.4, 0.5) is 0 Å². The van der Waals surface area contributed by atoms with Gasteiger partial charge in [0.05, 0.1) is 12.2 Å². The van der Waals surface area contributed by atoms with Crippen molar-refractivity contribution >= 4 is 5.97 Å². The largest absolute Gasteiger partial charge is 0.462 e. The normalized spacial score (nSPS) is 9.86. The maximum Gasteiger partial charge on any atom is 0.338 e. The topological polar surface area (TPSA) is 26.3 Å². The first-order chi connectivity index (χ1) is 6.79. The first-order valence-electron chi connectivity index (χ1n) is 5.04. The molecule has 2 heteroatoms. The second-order valence-electron chi connectivity index (χ2n) is 3.13. The van der Waals surface area contributed by atoms with Crippen LogP contribution in [0.2, 0.25) is 0 Å². The van der Waals surface area contributed by atoms with Crippen LogP contribution < -0.4 is 0 Å². The molecule has 1 aromatic carbocycles. The third kappa shape index (κ3) is 2.59. The van der Waals surface area contributed by atoms with Gasteiger partial charge in [-0.3, -0.25) is 0 Å². The minimum Gasteiger partial charge on any atom is -0.462 e. The average molecular weight is 192 g/mol. The molecule has 0 spiro atoms. The van der Waals surface area contributed by atoms with Crippen molar-refractivity contribution in [3.8, 4) is 0 Å². The summed E-state index contributed by atoms with van der Waals surface area (Å²) in [6.45, 7) is 4.35. The molecule has 1 aromatic rings. The standard InChI is InChI=1S/C12H16O2/c1-3-7-10-8-5-6-9-11(10)12(13)14-4-2/h5-6,8-9H,3-4,7H2,1-2H3. The first-order valence-corrected chi connectivity index (χ1v) is 5.04. The summed E-state index contributed by atoms with van der Waals surface area (Å²) in [7, 11) is 0. The number of carbonyl (C=O) groups excluding carboxylic acids is 1. The van der Waals surface area contributed by atoms with E-state index in [2.05, 4.69) is 6.92 Å². The third-order valence-electron chi connectivity index (χ3n) is 2.03. The van der Waals surface area contributed by atoms with Crippen LogP contribution in [0.25, 0.3) is 0 Å². The third-order valence-corrected chi connectivity index (χ3v) is 2.03. The van der Waals surface area contributed by atoms with Gasteiger partial charge in [-0.25, -0.2) is 4.79 Å². The van der Waals surface area contributed by atoms with E-state index in [1.165, 1.54) is 0 Å². The van der Waals surface area contributed by atoms with Crippen LogP contribution in [0, 0.1) is 0 Å². The number of rotatable bonds is 4. The van der Waals surface area contributed by atoms with Crippen LogP contribution in [-0.4, -0.2) is 12.6 Å². The Balaban J connectivity index is 2.88. The fourth-order valence-corrected chi connectivity index (χ4v) is 1.42. The summed E-state index contributed by atoms with van der Waals surface area (Å²) >= 11 is 0. The fraction of sp³-hybridized carbons (Fsp3) is 0.417. The van der Waals surface area contributed by atoms with Crippen molar-refractivity contribution in [1.82, 2.24) is 0 Å². The Morgan fingerprint density at radius 2 is 2.00 bits per heavy atom. The van der Waals surface area contributed by atoms with Gasteiger partial charge in [-0.05, 0) is 25.0 Å². The Bertz CT molecular complexity index is 305. The van der Waals surface area contributed by atoms with Gasteiger partial charge in [0, 0.05) is 0 Å². The molecule has 76 valence electrons. The molecule has 0 unspecified atom stereocenters. The zero-order valence-electron chi connectivity index (χ0n) is 8.75. The van der Waals surface area contributed by atoms with E-state index in [1.807, 2.05) is 31.2 Å². The maximum atomic E-state index is 11.5. The number of esters is 1. The van der Waals surface area contributed by atoms with Crippen LogP contribution in [0.1, 0.15) is 36.2 Å². The Labute approximate surface area is 84.9 Å². The second-order valence-corrected chi connectivity index (χ2v) is 3.13. The molecule has 0 amide bonds. The second kappa shape index (κ2) is 5.43. The lowest BCUT2D eigenvalue weighted by atomic mass is 10.0. The van der Waals surface area contributed by atoms with Gasteiger partial charge in [0.2, 0.25) is 0 Å². The molecule has 0 aromatic heterocycles. The molecule has 0 saturated heterocycles. The molecule has 0 N–H and O–H groups in total. The van der Waals surface area contributed by atoms with Crippen molar-refractivity contribution in [3.63, 3.8) is 0 Å². The molecule has 0 aliphatic heterocycles. The van der Waals surface area contributed by atoms with Crippen molar-refractivity contribution in [1.29, 1.82) is 0 Å². The molecular formula is C12H16O2. The molecule has 1 rings (SSSR count). The van der Waals surface area contributed by atoms with Crippen LogP contribution in [-0.2, 0) is 11.2 Å². The van der Waals surface area contributed by atoms with E-state index in [-0.39, 0.29) is 5.97 Å². The van der Waals surface area contributed by atoms with Gasteiger partial charge < -0.3 is 4.74 Å². The minimum atomic E-state index is -0.212. The summed E-state index contributed by atoms with van der Waals surface area (Å²) in [4.78, 5) is 11.5. The smallest absolute Gasteiger partial charge is 0.338 e. The molecule has 0 atom stereocenters. The van der Waals surface area contributed by atoms with E-state index in [0.29, 0.717) is 12.2 Å². The maximum absolute atomic E-state index is 11.5. The zero-order chi connectivity index (χ0) is 10.4. The monoisotopic (exact) mass is 192 g/mol. The molecule has 0 bridgehead atoms. The summed E-state index contributed by atoms with van der Waals surface area (Å²) in [5, 5.41) is 0. The predicted octanol–water partition coefficient (Wildman–Crippen LogP) is 2.82. The Morgan fingerprint density at radius 1 is 1.29 bits per heavy atom. The number of carbonyl (C=O) groups is 1. The summed E-state index contributed by atoms with van der Waals surface area (Å²) in [5.74, 6) is -0.212. The Kier molecular flexibility index (Phi) is 4.17. The SMILES string of the molecule is CCCc1ccccc1C(=O)OCC. The van der Waals surface area contributed by atoms with Gasteiger partial charge >= 0.3 is 5.97 Å². The number of ether oxygens (including phenoxy) is 1. The molecule has 0 fully saturated rings. The molecule has 2 nitrogen and oxygen atoms in total. The van der Waals surface area contributed by atoms with Crippen molar-refractivity contribution in [2.24, 2.45) is 0 Å². The molecule has 0 radical (unpaired) electrons. The highest BCUT2D eigenvalue weighted by Crippen LogP contribution is 2.12. The zero-order valence-corrected chi connectivity index (χ0v) is 8.75. The first kappa shape index (κ1) is 10.8. The molecule has 0 saturated carbocycles. The lowest BCUT2D eigenvalue weighted by molar-refractivity contribution is 0.0525. The van der Waals surface area contributed by atoms with Gasteiger partial charge in [0.25, 0.3) is 0 Å². The lowest BCUT2D eigenvalue weighted by Crippen LogP contribution is -2.07. The number of benzene rings is 1. The summed E-state index contributed by atoms with van der Waals surface area (Å²) in [5.41, 5.74) is 1.78. The number of hydrogen-bond acceptors (Lipinski definition) is 2. The lowest BCUT2D eigenvalue weighted by Gasteiger charge is -2.06. The van der Waals surface area contributed by atoms with Gasteiger partial charge in [-0.15, -0.1) is 0 Å². The van der Waals surface area contributed by atoms with Crippen LogP contribution >= 0.6 is 0 Å². The molecule has 0 aliphatic carbocycles. The Morgan fingerprint density at radius 3 is 2.64 bits per heavy atom. The minimum absolute atomic E-state index is 0.212. The summed E-state index contributed by atoms with van der Waals surface area (Å²) < 4.78 is 4.98. The number of hydrogen-bond donors (Lipinski definition) is 0. The van der Waals surface area contributed by atoms with E-state index in [9.17, 15) is 4.79 Å². The Hall–Kier alpha value is -1.31. The van der Waals surface area contributed by atoms with Crippen molar-refractivity contribution < 1.29 is 9.53 Å². The van der Waals surface area contributed by atoms with Gasteiger partial charge in [0.15, 0.2) is 0 Å². The summed E-state index contributed by atoms with van der Waals surface area (Å²) in [6.07, 6.45) is 1.96. The summed E-state index contributed by atoms with van der Waals surface area (Å²) in [6, 6.07) is 7.62. The highest BCUT2D eigenvalue weighted by atomic mass is 16.5. The van der Waals surface area contributed by atoms with Gasteiger partial charge in [-0.2, -0.15) is 0 Å². The van der Waals surface area contributed by atoms with Crippen molar-refractivity contribution in [2.75, 3.05) is 6.61 Å². The van der Waals surface area contributed by atoms with Crippen molar-refractivity contribution in [3.05, 3.63) is 35.4 Å². The average Bonchev–Trinajstić information content (AvgIpc) is 2.19. The van der Waals surface area contributed by atoms with Crippen LogP contribution in [0.5, 0.6) is 0 Å². The van der Waals surface area contributed by atoms with Crippen LogP contribution in [0.3, 0.4) is 0 Å². The van der Waals surface area contributed by atoms with E-state index in [1.54, 1.807) is 0 Å². The molecular weight excluding hydrogens is 176 g/mol. The molecule has 0 aliphatic rings. The predicted molar refractivity (Wildman–Crippen MR) is 56.4 cm³/mol. The molecule has 0 heterocycles. The fourth-order valence-electron chi connectivity index (χ4n) is 1.42. The highest BCUT2D eigenvalue weighted by Gasteiger charge is 2.10. The van der Waals surface area contributed by atoms with E-state index < -0.39 is 0 Å². The number of aryl methyl sites for hydroxylation is 1.